The van der Waals surface area contributed by atoms with Crippen LogP contribution in [0.15, 0.2) is 176 Å². The van der Waals surface area contributed by atoms with E-state index in [1.54, 1.807) is 0 Å². The maximum Gasteiger partial charge on any atom is 0.248 e. The Hall–Kier alpha value is -7.09. The summed E-state index contributed by atoms with van der Waals surface area (Å²) in [5, 5.41) is 15.9. The van der Waals surface area contributed by atoms with E-state index in [-0.39, 0.29) is 13.4 Å². The van der Waals surface area contributed by atoms with Crippen molar-refractivity contribution in [2.24, 2.45) is 0 Å². The van der Waals surface area contributed by atoms with E-state index in [9.17, 15) is 0 Å². The summed E-state index contributed by atoms with van der Waals surface area (Å²) in [6.45, 7) is 0.293. The minimum atomic E-state index is 0.0989. The van der Waals surface area contributed by atoms with Crippen LogP contribution in [-0.4, -0.2) is 13.4 Å². The number of rotatable bonds is 0. The van der Waals surface area contributed by atoms with Crippen LogP contribution in [0.3, 0.4) is 0 Å². The first-order chi connectivity index (χ1) is 28.3. The van der Waals surface area contributed by atoms with Crippen molar-refractivity contribution < 1.29 is 0 Å². The molecule has 3 heteroatoms. The maximum absolute atomic E-state index is 2.72. The molecule has 0 amide bonds. The van der Waals surface area contributed by atoms with Crippen LogP contribution in [0, 0.1) is 0 Å². The van der Waals surface area contributed by atoms with E-state index in [0.717, 1.165) is 0 Å². The topological polar surface area (TPSA) is 3.24 Å². The van der Waals surface area contributed by atoms with Gasteiger partial charge in [-0.25, -0.2) is 0 Å². The van der Waals surface area contributed by atoms with E-state index in [1.165, 1.54) is 137 Å². The van der Waals surface area contributed by atoms with Gasteiger partial charge in [-0.2, -0.15) is 0 Å². The van der Waals surface area contributed by atoms with Crippen molar-refractivity contribution in [3.63, 3.8) is 0 Å². The second-order valence-electron chi connectivity index (χ2n) is 16.6. The lowest BCUT2D eigenvalue weighted by atomic mass is 9.32. The van der Waals surface area contributed by atoms with Crippen molar-refractivity contribution in [3.8, 4) is 22.3 Å². The molecule has 0 spiro atoms. The van der Waals surface area contributed by atoms with Crippen molar-refractivity contribution in [3.05, 3.63) is 176 Å². The summed E-state index contributed by atoms with van der Waals surface area (Å²) in [4.78, 5) is 2.72. The third kappa shape index (κ3) is 3.33. The molecule has 0 unspecified atom stereocenters. The smallest absolute Gasteiger partial charge is 0.248 e. The molecule has 0 N–H and O–H groups in total. The molecule has 0 fully saturated rings. The summed E-state index contributed by atoms with van der Waals surface area (Å²) in [5.74, 6) is 0. The van der Waals surface area contributed by atoms with E-state index >= 15 is 0 Å². The lowest BCUT2D eigenvalue weighted by Crippen LogP contribution is -2.62. The Bertz CT molecular complexity index is 3730. The number of fused-ring (bicyclic) bond motifs is 23. The number of nitrogens with zero attached hydrogens (tertiary/aromatic N) is 1. The van der Waals surface area contributed by atoms with Gasteiger partial charge in [-0.05, 0) is 122 Å². The van der Waals surface area contributed by atoms with Crippen molar-refractivity contribution in [1.29, 1.82) is 0 Å². The van der Waals surface area contributed by atoms with Crippen LogP contribution >= 0.6 is 0 Å². The molecular formula is C54H29B2N. The molecule has 0 saturated carbocycles. The first-order valence-corrected chi connectivity index (χ1v) is 20.3. The van der Waals surface area contributed by atoms with Crippen LogP contribution in [0.4, 0.5) is 17.1 Å². The number of anilines is 3. The molecule has 0 radical (unpaired) electrons. The van der Waals surface area contributed by atoms with Crippen LogP contribution < -0.4 is 37.7 Å². The second kappa shape index (κ2) is 10.0. The minimum absolute atomic E-state index is 0.0989. The van der Waals surface area contributed by atoms with Gasteiger partial charge in [-0.1, -0.05) is 169 Å². The monoisotopic (exact) mass is 713 g/mol. The molecule has 11 aromatic rings. The van der Waals surface area contributed by atoms with Crippen LogP contribution in [0.1, 0.15) is 0 Å². The molecule has 4 heterocycles. The molecule has 4 aliphatic rings. The van der Waals surface area contributed by atoms with Crippen LogP contribution in [0.5, 0.6) is 0 Å². The summed E-state index contributed by atoms with van der Waals surface area (Å²) in [5.41, 5.74) is 18.1. The Balaban J connectivity index is 1.18. The van der Waals surface area contributed by atoms with Gasteiger partial charge in [-0.15, -0.1) is 0 Å². The zero-order valence-electron chi connectivity index (χ0n) is 30.8. The summed E-state index contributed by atoms with van der Waals surface area (Å²) in [7, 11) is 0. The van der Waals surface area contributed by atoms with Gasteiger partial charge in [0.05, 0.1) is 5.69 Å². The standard InChI is InChI=1S/C54H29B2N/c1-4-17-34-30(13-1)31-14-2-5-18-35(31)41-29-48-42(27-40(34)41)44-28-43-36-19-6-3-15-32(36)33-16-7-8-21-38(33)50(43)54-52(44)56(48)47-25-12-24-46-53(47)57(54)49-26-11-22-39-37-20-9-10-23-45(37)55(46)51(39)49/h1-29H. The Morgan fingerprint density at radius 1 is 0.281 bits per heavy atom. The van der Waals surface area contributed by atoms with Gasteiger partial charge >= 0.3 is 0 Å². The zero-order valence-corrected chi connectivity index (χ0v) is 30.8. The van der Waals surface area contributed by atoms with Crippen LogP contribution in [0.25, 0.3) is 86.9 Å². The first kappa shape index (κ1) is 29.2. The lowest BCUT2D eigenvalue weighted by molar-refractivity contribution is 1.32. The van der Waals surface area contributed by atoms with Gasteiger partial charge in [0.25, 0.3) is 0 Å². The Kier molecular flexibility index (Phi) is 5.13. The molecule has 0 aliphatic carbocycles. The van der Waals surface area contributed by atoms with E-state index in [0.29, 0.717) is 0 Å². The second-order valence-corrected chi connectivity index (χ2v) is 16.6. The fraction of sp³-hybridized carbons (Fsp3) is 0. The van der Waals surface area contributed by atoms with Crippen LogP contribution in [-0.2, 0) is 0 Å². The summed E-state index contributed by atoms with van der Waals surface area (Å²) in [6.07, 6.45) is 0. The quantitative estimate of drug-likeness (QED) is 0.112. The van der Waals surface area contributed by atoms with Gasteiger partial charge < -0.3 is 4.90 Å². The van der Waals surface area contributed by atoms with Crippen molar-refractivity contribution in [2.45, 2.75) is 0 Å². The van der Waals surface area contributed by atoms with Crippen LogP contribution in [0.2, 0.25) is 0 Å². The van der Waals surface area contributed by atoms with Gasteiger partial charge in [0.1, 0.15) is 0 Å². The highest BCUT2D eigenvalue weighted by atomic mass is 15.2. The fourth-order valence-corrected chi connectivity index (χ4v) is 12.1. The average molecular weight is 713 g/mol. The van der Waals surface area contributed by atoms with E-state index in [2.05, 4.69) is 181 Å². The molecule has 57 heavy (non-hydrogen) atoms. The predicted octanol–water partition coefficient (Wildman–Crippen LogP) is 9.70. The lowest BCUT2D eigenvalue weighted by Gasteiger charge is -2.43. The third-order valence-corrected chi connectivity index (χ3v) is 14.2. The fourth-order valence-electron chi connectivity index (χ4n) is 12.1. The number of hydrogen-bond donors (Lipinski definition) is 0. The van der Waals surface area contributed by atoms with Gasteiger partial charge in [-0.3, -0.25) is 0 Å². The van der Waals surface area contributed by atoms with Crippen molar-refractivity contribution in [1.82, 2.24) is 0 Å². The summed E-state index contributed by atoms with van der Waals surface area (Å²) >= 11 is 0. The van der Waals surface area contributed by atoms with Gasteiger partial charge in [0.2, 0.25) is 13.4 Å². The Morgan fingerprint density at radius 2 is 0.754 bits per heavy atom. The minimum Gasteiger partial charge on any atom is -0.312 e. The molecular weight excluding hydrogens is 684 g/mol. The summed E-state index contributed by atoms with van der Waals surface area (Å²) < 4.78 is 0. The molecule has 15 rings (SSSR count). The number of hydrogen-bond acceptors (Lipinski definition) is 1. The zero-order chi connectivity index (χ0) is 36.7. The summed E-state index contributed by atoms with van der Waals surface area (Å²) in [6, 6.07) is 67.4. The maximum atomic E-state index is 2.72. The number of para-hydroxylation sites is 1. The van der Waals surface area contributed by atoms with Crippen molar-refractivity contribution in [2.75, 3.05) is 4.90 Å². The van der Waals surface area contributed by atoms with Gasteiger partial charge in [0, 0.05) is 16.8 Å². The van der Waals surface area contributed by atoms with E-state index in [1.807, 2.05) is 0 Å². The number of benzene rings is 11. The molecule has 11 aromatic carbocycles. The van der Waals surface area contributed by atoms with E-state index in [4.69, 9.17) is 0 Å². The molecule has 1 nitrogen and oxygen atoms in total. The molecule has 0 bridgehead atoms. The normalized spacial score (nSPS) is 13.9. The van der Waals surface area contributed by atoms with E-state index < -0.39 is 0 Å². The Labute approximate surface area is 329 Å². The SMILES string of the molecule is c1ccc2c(c1)B1c3cccc4c3N(c3cccc-2c31)c1c2c(cc3c5ccccc5c5ccccc5c13)-c1cc3c5ccccc5c5ccccc5c3cc1B42. The molecule has 0 atom stereocenters. The molecule has 256 valence electrons. The Morgan fingerprint density at radius 3 is 1.44 bits per heavy atom. The predicted molar refractivity (Wildman–Crippen MR) is 246 cm³/mol. The van der Waals surface area contributed by atoms with Gasteiger partial charge in [0.15, 0.2) is 0 Å². The molecule has 4 aliphatic heterocycles. The first-order valence-electron chi connectivity index (χ1n) is 20.3. The molecule has 0 aromatic heterocycles. The largest absolute Gasteiger partial charge is 0.312 e. The average Bonchev–Trinajstić information content (AvgIpc) is 3.79. The molecule has 0 saturated heterocycles. The highest BCUT2D eigenvalue weighted by molar-refractivity contribution is 7.05. The highest BCUT2D eigenvalue weighted by Gasteiger charge is 2.50. The third-order valence-electron chi connectivity index (χ3n) is 14.2. The van der Waals surface area contributed by atoms with Crippen molar-refractivity contribution >= 4 is 128 Å². The highest BCUT2D eigenvalue weighted by Crippen LogP contribution is 2.51.